The summed E-state index contributed by atoms with van der Waals surface area (Å²) in [5.41, 5.74) is 7.63. The molecule has 0 saturated carbocycles. The minimum atomic E-state index is 0.0473. The van der Waals surface area contributed by atoms with Gasteiger partial charge in [-0.25, -0.2) is 0 Å². The van der Waals surface area contributed by atoms with Crippen molar-refractivity contribution in [2.75, 3.05) is 14.1 Å². The molecule has 16 heavy (non-hydrogen) atoms. The van der Waals surface area contributed by atoms with Crippen molar-refractivity contribution in [2.24, 2.45) is 5.73 Å². The number of nitrogens with zero attached hydrogens (tertiary/aromatic N) is 1. The van der Waals surface area contributed by atoms with Crippen molar-refractivity contribution in [3.05, 3.63) is 35.4 Å². The van der Waals surface area contributed by atoms with Gasteiger partial charge in [0.1, 0.15) is 5.75 Å². The summed E-state index contributed by atoms with van der Waals surface area (Å²) in [6, 6.07) is 5.63. The van der Waals surface area contributed by atoms with Crippen molar-refractivity contribution in [3.8, 4) is 5.75 Å². The van der Waals surface area contributed by atoms with Crippen molar-refractivity contribution in [3.63, 3.8) is 0 Å². The van der Waals surface area contributed by atoms with Crippen LogP contribution in [0.25, 0.3) is 6.08 Å². The van der Waals surface area contributed by atoms with Crippen LogP contribution in [0.15, 0.2) is 24.3 Å². The van der Waals surface area contributed by atoms with E-state index in [1.54, 1.807) is 6.07 Å². The third-order valence-electron chi connectivity index (χ3n) is 2.18. The van der Waals surface area contributed by atoms with Gasteiger partial charge in [-0.15, -0.1) is 0 Å². The Balaban J connectivity index is 2.89. The quantitative estimate of drug-likeness (QED) is 0.813. The lowest BCUT2D eigenvalue weighted by Gasteiger charge is -2.11. The number of hydrogen-bond acceptors (Lipinski definition) is 3. The summed E-state index contributed by atoms with van der Waals surface area (Å²) < 4.78 is 0. The molecule has 0 fully saturated rings. The van der Waals surface area contributed by atoms with Gasteiger partial charge >= 0.3 is 0 Å². The highest BCUT2D eigenvalue weighted by Gasteiger charge is 2.02. The first-order chi connectivity index (χ1) is 7.49. The van der Waals surface area contributed by atoms with Crippen molar-refractivity contribution >= 4 is 6.08 Å². The zero-order valence-electron chi connectivity index (χ0n) is 10.1. The van der Waals surface area contributed by atoms with E-state index >= 15 is 0 Å². The second-order valence-electron chi connectivity index (χ2n) is 4.34. The SMILES string of the molecule is CC(N)/C=C/c1ccc(O)c(CN(C)C)c1. The van der Waals surface area contributed by atoms with Crippen LogP contribution in [0.3, 0.4) is 0 Å². The van der Waals surface area contributed by atoms with Crippen LogP contribution < -0.4 is 5.73 Å². The fraction of sp³-hybridized carbons (Fsp3) is 0.385. The Hall–Kier alpha value is -1.32. The maximum absolute atomic E-state index is 9.69. The Kier molecular flexibility index (Phi) is 4.52. The summed E-state index contributed by atoms with van der Waals surface area (Å²) in [7, 11) is 3.95. The molecule has 1 rings (SSSR count). The van der Waals surface area contributed by atoms with Crippen LogP contribution >= 0.6 is 0 Å². The molecule has 1 aromatic rings. The monoisotopic (exact) mass is 220 g/mol. The number of rotatable bonds is 4. The highest BCUT2D eigenvalue weighted by molar-refractivity contribution is 5.53. The molecule has 0 saturated heterocycles. The largest absolute Gasteiger partial charge is 0.508 e. The zero-order valence-corrected chi connectivity index (χ0v) is 10.1. The Morgan fingerprint density at radius 1 is 1.44 bits per heavy atom. The van der Waals surface area contributed by atoms with Gasteiger partial charge in [0.2, 0.25) is 0 Å². The summed E-state index contributed by atoms with van der Waals surface area (Å²) in [6.07, 6.45) is 3.91. The molecule has 0 bridgehead atoms. The van der Waals surface area contributed by atoms with Crippen molar-refractivity contribution in [2.45, 2.75) is 19.5 Å². The molecule has 1 atom stereocenters. The molecule has 88 valence electrons. The zero-order chi connectivity index (χ0) is 12.1. The van der Waals surface area contributed by atoms with Gasteiger partial charge in [-0.3, -0.25) is 0 Å². The summed E-state index contributed by atoms with van der Waals surface area (Å²) >= 11 is 0. The van der Waals surface area contributed by atoms with Gasteiger partial charge in [-0.1, -0.05) is 18.2 Å². The standard InChI is InChI=1S/C13H20N2O/c1-10(14)4-5-11-6-7-13(16)12(8-11)9-15(2)3/h4-8,10,16H,9,14H2,1-3H3/b5-4+. The van der Waals surface area contributed by atoms with E-state index in [2.05, 4.69) is 0 Å². The number of phenolic OH excluding ortho intramolecular Hbond substituents is 1. The summed E-state index contributed by atoms with van der Waals surface area (Å²) in [5.74, 6) is 0.339. The van der Waals surface area contributed by atoms with Crippen LogP contribution in [0.5, 0.6) is 5.75 Å². The topological polar surface area (TPSA) is 49.5 Å². The molecule has 0 amide bonds. The predicted octanol–water partition coefficient (Wildman–Crippen LogP) is 1.81. The van der Waals surface area contributed by atoms with E-state index in [1.807, 2.05) is 50.2 Å². The van der Waals surface area contributed by atoms with E-state index < -0.39 is 0 Å². The molecule has 0 spiro atoms. The molecular weight excluding hydrogens is 200 g/mol. The van der Waals surface area contributed by atoms with Crippen LogP contribution in [-0.4, -0.2) is 30.1 Å². The van der Waals surface area contributed by atoms with Gasteiger partial charge in [0, 0.05) is 18.2 Å². The maximum atomic E-state index is 9.69. The number of benzene rings is 1. The lowest BCUT2D eigenvalue weighted by Crippen LogP contribution is -2.11. The molecule has 1 unspecified atom stereocenters. The first-order valence-electron chi connectivity index (χ1n) is 5.39. The molecule has 0 radical (unpaired) electrons. The number of aromatic hydroxyl groups is 1. The molecule has 1 aromatic carbocycles. The third kappa shape index (κ3) is 4.04. The van der Waals surface area contributed by atoms with E-state index in [-0.39, 0.29) is 6.04 Å². The first-order valence-corrected chi connectivity index (χ1v) is 5.39. The van der Waals surface area contributed by atoms with E-state index in [9.17, 15) is 5.11 Å². The van der Waals surface area contributed by atoms with Crippen molar-refractivity contribution in [1.82, 2.24) is 4.90 Å². The molecular formula is C13H20N2O. The lowest BCUT2D eigenvalue weighted by molar-refractivity contribution is 0.386. The van der Waals surface area contributed by atoms with E-state index in [0.717, 1.165) is 17.7 Å². The molecule has 0 aromatic heterocycles. The van der Waals surface area contributed by atoms with Gasteiger partial charge in [0.15, 0.2) is 0 Å². The molecule has 3 nitrogen and oxygen atoms in total. The Bertz CT molecular complexity index is 370. The predicted molar refractivity (Wildman–Crippen MR) is 68.2 cm³/mol. The molecule has 0 heterocycles. The molecule has 0 aliphatic carbocycles. The fourth-order valence-corrected chi connectivity index (χ4v) is 1.44. The Labute approximate surface area is 97.2 Å². The second kappa shape index (κ2) is 5.68. The lowest BCUT2D eigenvalue weighted by atomic mass is 10.1. The van der Waals surface area contributed by atoms with E-state index in [0.29, 0.717) is 5.75 Å². The third-order valence-corrected chi connectivity index (χ3v) is 2.18. The average Bonchev–Trinajstić information content (AvgIpc) is 2.18. The number of nitrogens with two attached hydrogens (primary N) is 1. The van der Waals surface area contributed by atoms with E-state index in [1.165, 1.54) is 0 Å². The van der Waals surface area contributed by atoms with Crippen LogP contribution in [0.1, 0.15) is 18.1 Å². The van der Waals surface area contributed by atoms with Gasteiger partial charge in [-0.05, 0) is 38.7 Å². The minimum absolute atomic E-state index is 0.0473. The smallest absolute Gasteiger partial charge is 0.120 e. The summed E-state index contributed by atoms with van der Waals surface area (Å²) in [6.45, 7) is 2.66. The molecule has 3 heteroatoms. The van der Waals surface area contributed by atoms with Crippen molar-refractivity contribution in [1.29, 1.82) is 0 Å². The van der Waals surface area contributed by atoms with Crippen LogP contribution in [0, 0.1) is 0 Å². The van der Waals surface area contributed by atoms with Gasteiger partial charge in [-0.2, -0.15) is 0 Å². The second-order valence-corrected chi connectivity index (χ2v) is 4.34. The first kappa shape index (κ1) is 12.7. The van der Waals surface area contributed by atoms with Gasteiger partial charge in [0.25, 0.3) is 0 Å². The highest BCUT2D eigenvalue weighted by Crippen LogP contribution is 2.20. The van der Waals surface area contributed by atoms with Gasteiger partial charge < -0.3 is 15.7 Å². The van der Waals surface area contributed by atoms with E-state index in [4.69, 9.17) is 5.73 Å². The van der Waals surface area contributed by atoms with Crippen LogP contribution in [-0.2, 0) is 6.54 Å². The normalized spacial score (nSPS) is 13.6. The molecule has 0 aliphatic heterocycles. The van der Waals surface area contributed by atoms with Crippen LogP contribution in [0.4, 0.5) is 0 Å². The summed E-state index contributed by atoms with van der Waals surface area (Å²) in [4.78, 5) is 2.02. The number of phenols is 1. The summed E-state index contributed by atoms with van der Waals surface area (Å²) in [5, 5.41) is 9.69. The maximum Gasteiger partial charge on any atom is 0.120 e. The Morgan fingerprint density at radius 3 is 2.69 bits per heavy atom. The highest BCUT2D eigenvalue weighted by atomic mass is 16.3. The van der Waals surface area contributed by atoms with Crippen molar-refractivity contribution < 1.29 is 5.11 Å². The number of hydrogen-bond donors (Lipinski definition) is 2. The average molecular weight is 220 g/mol. The molecule has 3 N–H and O–H groups in total. The van der Waals surface area contributed by atoms with Gasteiger partial charge in [0.05, 0.1) is 0 Å². The Morgan fingerprint density at radius 2 is 2.12 bits per heavy atom. The molecule has 0 aliphatic rings. The van der Waals surface area contributed by atoms with Crippen LogP contribution in [0.2, 0.25) is 0 Å². The fourth-order valence-electron chi connectivity index (χ4n) is 1.44. The minimum Gasteiger partial charge on any atom is -0.508 e.